The van der Waals surface area contributed by atoms with Gasteiger partial charge >= 0.3 is 0 Å². The Balaban J connectivity index is 1.86. The topological polar surface area (TPSA) is 107 Å². The van der Waals surface area contributed by atoms with Gasteiger partial charge in [-0.1, -0.05) is 19.9 Å². The van der Waals surface area contributed by atoms with Crippen molar-refractivity contribution in [1.29, 1.82) is 0 Å². The lowest BCUT2D eigenvalue weighted by Crippen LogP contribution is -2.43. The molecule has 1 aromatic carbocycles. The Kier molecular flexibility index (Phi) is 7.23. The van der Waals surface area contributed by atoms with Gasteiger partial charge in [-0.25, -0.2) is 0 Å². The SMILES string of the molecule is CC(C)CC(CN)NC(=O)COc1cccc(NC(=O)c2ccco2)c1. The fourth-order valence-electron chi connectivity index (χ4n) is 2.47. The Hall–Kier alpha value is -2.80. The van der Waals surface area contributed by atoms with Crippen LogP contribution in [0, 0.1) is 5.92 Å². The number of hydrogen-bond acceptors (Lipinski definition) is 5. The summed E-state index contributed by atoms with van der Waals surface area (Å²) in [4.78, 5) is 24.0. The summed E-state index contributed by atoms with van der Waals surface area (Å²) in [7, 11) is 0. The normalized spacial score (nSPS) is 11.8. The van der Waals surface area contributed by atoms with Crippen LogP contribution in [-0.2, 0) is 4.79 Å². The van der Waals surface area contributed by atoms with E-state index in [1.807, 2.05) is 0 Å². The summed E-state index contributed by atoms with van der Waals surface area (Å²) < 4.78 is 10.5. The van der Waals surface area contributed by atoms with Crippen LogP contribution in [0.4, 0.5) is 5.69 Å². The van der Waals surface area contributed by atoms with E-state index in [-0.39, 0.29) is 30.2 Å². The van der Waals surface area contributed by atoms with Crippen LogP contribution in [0.3, 0.4) is 0 Å². The van der Waals surface area contributed by atoms with Crippen molar-refractivity contribution in [2.24, 2.45) is 11.7 Å². The zero-order valence-electron chi connectivity index (χ0n) is 15.0. The number of anilines is 1. The van der Waals surface area contributed by atoms with Crippen LogP contribution >= 0.6 is 0 Å². The lowest BCUT2D eigenvalue weighted by atomic mass is 10.0. The average molecular weight is 359 g/mol. The molecule has 26 heavy (non-hydrogen) atoms. The highest BCUT2D eigenvalue weighted by atomic mass is 16.5. The summed E-state index contributed by atoms with van der Waals surface area (Å²) in [5.74, 6) is 0.550. The largest absolute Gasteiger partial charge is 0.484 e. The Morgan fingerprint density at radius 2 is 2.04 bits per heavy atom. The molecule has 2 amide bonds. The number of hydrogen-bond donors (Lipinski definition) is 3. The number of benzene rings is 1. The first-order valence-corrected chi connectivity index (χ1v) is 8.55. The quantitative estimate of drug-likeness (QED) is 0.637. The van der Waals surface area contributed by atoms with E-state index in [1.54, 1.807) is 36.4 Å². The Morgan fingerprint density at radius 3 is 2.69 bits per heavy atom. The first kappa shape index (κ1) is 19.5. The van der Waals surface area contributed by atoms with Gasteiger partial charge in [0, 0.05) is 24.3 Å². The smallest absolute Gasteiger partial charge is 0.291 e. The van der Waals surface area contributed by atoms with Gasteiger partial charge in [0.2, 0.25) is 0 Å². The fourth-order valence-corrected chi connectivity index (χ4v) is 2.47. The van der Waals surface area contributed by atoms with Gasteiger partial charge < -0.3 is 25.5 Å². The summed E-state index contributed by atoms with van der Waals surface area (Å²) in [6, 6.07) is 9.96. The fraction of sp³-hybridized carbons (Fsp3) is 0.368. The van der Waals surface area contributed by atoms with Gasteiger partial charge in [-0.05, 0) is 36.6 Å². The number of carbonyl (C=O) groups is 2. The summed E-state index contributed by atoms with van der Waals surface area (Å²) in [5.41, 5.74) is 6.22. The second-order valence-electron chi connectivity index (χ2n) is 6.38. The number of rotatable bonds is 9. The molecular formula is C19H25N3O4. The third-order valence-corrected chi connectivity index (χ3v) is 3.61. The average Bonchev–Trinajstić information content (AvgIpc) is 3.14. The van der Waals surface area contributed by atoms with E-state index in [1.165, 1.54) is 6.26 Å². The zero-order valence-corrected chi connectivity index (χ0v) is 15.0. The highest BCUT2D eigenvalue weighted by Crippen LogP contribution is 2.18. The minimum atomic E-state index is -0.357. The first-order chi connectivity index (χ1) is 12.5. The van der Waals surface area contributed by atoms with Crippen LogP contribution in [0.25, 0.3) is 0 Å². The number of nitrogens with two attached hydrogens (primary N) is 1. The number of furan rings is 1. The van der Waals surface area contributed by atoms with E-state index < -0.39 is 0 Å². The molecular weight excluding hydrogens is 334 g/mol. The van der Waals surface area contributed by atoms with Crippen LogP contribution in [0.2, 0.25) is 0 Å². The molecule has 7 heteroatoms. The minimum Gasteiger partial charge on any atom is -0.484 e. The van der Waals surface area contributed by atoms with E-state index >= 15 is 0 Å². The summed E-state index contributed by atoms with van der Waals surface area (Å²) in [6.07, 6.45) is 2.25. The van der Waals surface area contributed by atoms with Gasteiger partial charge in [0.15, 0.2) is 12.4 Å². The van der Waals surface area contributed by atoms with E-state index in [9.17, 15) is 9.59 Å². The summed E-state index contributed by atoms with van der Waals surface area (Å²) in [5, 5.41) is 5.57. The monoisotopic (exact) mass is 359 g/mol. The Morgan fingerprint density at radius 1 is 1.23 bits per heavy atom. The third-order valence-electron chi connectivity index (χ3n) is 3.61. The van der Waals surface area contributed by atoms with Crippen LogP contribution in [-0.4, -0.2) is 31.0 Å². The van der Waals surface area contributed by atoms with E-state index in [0.29, 0.717) is 23.9 Å². The highest BCUT2D eigenvalue weighted by Gasteiger charge is 2.13. The van der Waals surface area contributed by atoms with Gasteiger partial charge in [-0.3, -0.25) is 9.59 Å². The maximum atomic E-state index is 12.0. The molecule has 1 heterocycles. The van der Waals surface area contributed by atoms with Crippen molar-refractivity contribution >= 4 is 17.5 Å². The number of ether oxygens (including phenoxy) is 1. The molecule has 7 nitrogen and oxygen atoms in total. The molecule has 1 atom stereocenters. The van der Waals surface area contributed by atoms with Crippen molar-refractivity contribution in [1.82, 2.24) is 5.32 Å². The second-order valence-corrected chi connectivity index (χ2v) is 6.38. The molecule has 0 spiro atoms. The van der Waals surface area contributed by atoms with E-state index in [0.717, 1.165) is 6.42 Å². The third kappa shape index (κ3) is 6.25. The van der Waals surface area contributed by atoms with Crippen molar-refractivity contribution in [2.75, 3.05) is 18.5 Å². The molecule has 1 aromatic heterocycles. The molecule has 1 unspecified atom stereocenters. The zero-order chi connectivity index (χ0) is 18.9. The highest BCUT2D eigenvalue weighted by molar-refractivity contribution is 6.02. The predicted molar refractivity (Wildman–Crippen MR) is 99.0 cm³/mol. The first-order valence-electron chi connectivity index (χ1n) is 8.55. The van der Waals surface area contributed by atoms with Crippen molar-refractivity contribution in [3.8, 4) is 5.75 Å². The van der Waals surface area contributed by atoms with Gasteiger partial charge in [0.05, 0.1) is 6.26 Å². The Bertz CT molecular complexity index is 713. The minimum absolute atomic E-state index is 0.0648. The Labute approximate surface area is 152 Å². The molecule has 0 fully saturated rings. The van der Waals surface area contributed by atoms with Gasteiger partial charge in [0.1, 0.15) is 5.75 Å². The van der Waals surface area contributed by atoms with E-state index in [4.69, 9.17) is 14.9 Å². The van der Waals surface area contributed by atoms with Crippen molar-refractivity contribution in [3.63, 3.8) is 0 Å². The number of carbonyl (C=O) groups excluding carboxylic acids is 2. The van der Waals surface area contributed by atoms with Crippen LogP contribution in [0.1, 0.15) is 30.8 Å². The van der Waals surface area contributed by atoms with Crippen molar-refractivity contribution in [3.05, 3.63) is 48.4 Å². The van der Waals surface area contributed by atoms with Crippen molar-refractivity contribution < 1.29 is 18.7 Å². The van der Waals surface area contributed by atoms with E-state index in [2.05, 4.69) is 24.5 Å². The molecule has 0 aliphatic rings. The molecule has 4 N–H and O–H groups in total. The number of nitrogens with one attached hydrogen (secondary N) is 2. The van der Waals surface area contributed by atoms with Gasteiger partial charge in [0.25, 0.3) is 11.8 Å². The van der Waals surface area contributed by atoms with Gasteiger partial charge in [-0.15, -0.1) is 0 Å². The summed E-state index contributed by atoms with van der Waals surface area (Å²) >= 11 is 0. The predicted octanol–water partition coefficient (Wildman–Crippen LogP) is 2.40. The summed E-state index contributed by atoms with van der Waals surface area (Å²) in [6.45, 7) is 4.42. The molecule has 2 rings (SSSR count). The maximum absolute atomic E-state index is 12.0. The van der Waals surface area contributed by atoms with Gasteiger partial charge in [-0.2, -0.15) is 0 Å². The lowest BCUT2D eigenvalue weighted by Gasteiger charge is -2.19. The molecule has 0 aliphatic heterocycles. The maximum Gasteiger partial charge on any atom is 0.291 e. The van der Waals surface area contributed by atoms with Crippen molar-refractivity contribution in [2.45, 2.75) is 26.3 Å². The molecule has 0 saturated carbocycles. The lowest BCUT2D eigenvalue weighted by molar-refractivity contribution is -0.123. The number of amides is 2. The molecule has 140 valence electrons. The molecule has 0 radical (unpaired) electrons. The molecule has 0 saturated heterocycles. The standard InChI is InChI=1S/C19H25N3O4/c1-13(2)9-15(11-20)21-18(23)12-26-16-6-3-5-14(10-16)22-19(24)17-7-4-8-25-17/h3-8,10,13,15H,9,11-12,20H2,1-2H3,(H,21,23)(H,22,24). The molecule has 2 aromatic rings. The van der Waals surface area contributed by atoms with Crippen LogP contribution in [0.5, 0.6) is 5.75 Å². The van der Waals surface area contributed by atoms with Crippen LogP contribution < -0.4 is 21.1 Å². The second kappa shape index (κ2) is 9.62. The molecule has 0 bridgehead atoms. The van der Waals surface area contributed by atoms with Crippen LogP contribution in [0.15, 0.2) is 47.1 Å². The molecule has 0 aliphatic carbocycles.